The molecule has 1 aromatic carbocycles. The van der Waals surface area contributed by atoms with E-state index in [2.05, 4.69) is 13.8 Å². The molecule has 19 heavy (non-hydrogen) atoms. The second kappa shape index (κ2) is 5.93. The number of hydrogen-bond acceptors (Lipinski definition) is 3. The molecule has 2 rings (SSSR count). The van der Waals surface area contributed by atoms with Crippen LogP contribution in [0.3, 0.4) is 0 Å². The fourth-order valence-corrected chi connectivity index (χ4v) is 2.60. The molecule has 0 aliphatic heterocycles. The summed E-state index contributed by atoms with van der Waals surface area (Å²) in [5.41, 5.74) is 0.118. The quantitative estimate of drug-likeness (QED) is 0.819. The van der Waals surface area contributed by atoms with Crippen molar-refractivity contribution in [3.63, 3.8) is 0 Å². The number of benzene rings is 1. The van der Waals surface area contributed by atoms with Gasteiger partial charge in [-0.15, -0.1) is 0 Å². The lowest BCUT2D eigenvalue weighted by molar-refractivity contribution is 0.100. The van der Waals surface area contributed by atoms with E-state index in [-0.39, 0.29) is 11.6 Å². The highest BCUT2D eigenvalue weighted by Crippen LogP contribution is 2.31. The van der Waals surface area contributed by atoms with Crippen molar-refractivity contribution >= 4 is 12.6 Å². The van der Waals surface area contributed by atoms with Gasteiger partial charge < -0.3 is 14.8 Å². The highest BCUT2D eigenvalue weighted by molar-refractivity contribution is 6.58. The van der Waals surface area contributed by atoms with Crippen molar-refractivity contribution in [1.82, 2.24) is 0 Å². The summed E-state index contributed by atoms with van der Waals surface area (Å²) in [6.07, 6.45) is 3.10. The summed E-state index contributed by atoms with van der Waals surface area (Å²) in [6.45, 7) is 4.44. The number of halogens is 1. The molecule has 1 fully saturated rings. The van der Waals surface area contributed by atoms with Crippen LogP contribution in [0.25, 0.3) is 0 Å². The molecule has 1 aromatic rings. The monoisotopic (exact) mass is 266 g/mol. The minimum Gasteiger partial charge on any atom is -0.490 e. The molecule has 0 spiro atoms. The van der Waals surface area contributed by atoms with Gasteiger partial charge in [-0.3, -0.25) is 0 Å². The average Bonchev–Trinajstić information content (AvgIpc) is 2.33. The summed E-state index contributed by atoms with van der Waals surface area (Å²) in [5.74, 6) is 1.14. The Labute approximate surface area is 113 Å². The molecule has 3 nitrogen and oxygen atoms in total. The average molecular weight is 266 g/mol. The van der Waals surface area contributed by atoms with Crippen LogP contribution < -0.4 is 10.2 Å². The summed E-state index contributed by atoms with van der Waals surface area (Å²) >= 11 is 0. The molecule has 1 saturated carbocycles. The summed E-state index contributed by atoms with van der Waals surface area (Å²) < 4.78 is 19.2. The largest absolute Gasteiger partial charge is 0.490 e. The maximum Gasteiger partial charge on any atom is 0.488 e. The summed E-state index contributed by atoms with van der Waals surface area (Å²) in [4.78, 5) is 0. The lowest BCUT2D eigenvalue weighted by Gasteiger charge is -2.32. The van der Waals surface area contributed by atoms with Crippen molar-refractivity contribution in [3.8, 4) is 5.75 Å². The molecule has 3 atom stereocenters. The first kappa shape index (κ1) is 14.3. The van der Waals surface area contributed by atoms with Crippen LogP contribution in [0.1, 0.15) is 33.1 Å². The summed E-state index contributed by atoms with van der Waals surface area (Å²) in [6, 6.07) is 3.87. The second-order valence-electron chi connectivity index (χ2n) is 5.60. The van der Waals surface area contributed by atoms with Crippen LogP contribution in [0.15, 0.2) is 18.2 Å². The number of hydrogen-bond donors (Lipinski definition) is 2. The molecule has 0 radical (unpaired) electrons. The molecular formula is C14H20BFO3. The zero-order chi connectivity index (χ0) is 14.0. The van der Waals surface area contributed by atoms with Gasteiger partial charge in [0.05, 0.1) is 6.10 Å². The van der Waals surface area contributed by atoms with Crippen LogP contribution in [-0.4, -0.2) is 23.3 Å². The van der Waals surface area contributed by atoms with Gasteiger partial charge in [0.15, 0.2) is 0 Å². The molecule has 0 bridgehead atoms. The minimum absolute atomic E-state index is 0.0803. The molecule has 2 N–H and O–H groups in total. The SMILES string of the molecule is CC1CCC(Oc2cc(F)cc(B(O)O)c2)CC1C. The predicted molar refractivity (Wildman–Crippen MR) is 72.8 cm³/mol. The maximum absolute atomic E-state index is 13.4. The molecule has 1 aliphatic carbocycles. The zero-order valence-corrected chi connectivity index (χ0v) is 11.3. The Morgan fingerprint density at radius 1 is 1.16 bits per heavy atom. The van der Waals surface area contributed by atoms with E-state index in [0.717, 1.165) is 25.3 Å². The van der Waals surface area contributed by atoms with Crippen LogP contribution in [-0.2, 0) is 0 Å². The Morgan fingerprint density at radius 2 is 1.89 bits per heavy atom. The lowest BCUT2D eigenvalue weighted by Crippen LogP contribution is -2.32. The molecule has 0 aromatic heterocycles. The van der Waals surface area contributed by atoms with Crippen LogP contribution in [0, 0.1) is 17.7 Å². The van der Waals surface area contributed by atoms with E-state index in [1.807, 2.05) is 0 Å². The van der Waals surface area contributed by atoms with Crippen LogP contribution in [0.5, 0.6) is 5.75 Å². The van der Waals surface area contributed by atoms with E-state index in [1.54, 1.807) is 0 Å². The zero-order valence-electron chi connectivity index (χ0n) is 11.3. The highest BCUT2D eigenvalue weighted by Gasteiger charge is 2.26. The van der Waals surface area contributed by atoms with Crippen LogP contribution in [0.4, 0.5) is 4.39 Å². The van der Waals surface area contributed by atoms with Gasteiger partial charge in [0.2, 0.25) is 0 Å². The van der Waals surface area contributed by atoms with Gasteiger partial charge in [-0.05, 0) is 48.7 Å². The smallest absolute Gasteiger partial charge is 0.488 e. The lowest BCUT2D eigenvalue weighted by atomic mass is 9.79. The Bertz CT molecular complexity index is 439. The van der Waals surface area contributed by atoms with Gasteiger partial charge in [-0.1, -0.05) is 13.8 Å². The third-order valence-corrected chi connectivity index (χ3v) is 4.04. The highest BCUT2D eigenvalue weighted by atomic mass is 19.1. The van der Waals surface area contributed by atoms with Crippen molar-refractivity contribution in [2.75, 3.05) is 0 Å². The molecule has 0 heterocycles. The fraction of sp³-hybridized carbons (Fsp3) is 0.571. The predicted octanol–water partition coefficient (Wildman–Crippen LogP) is 1.71. The number of ether oxygens (including phenoxy) is 1. The first-order valence-corrected chi connectivity index (χ1v) is 6.79. The van der Waals surface area contributed by atoms with Gasteiger partial charge in [0.1, 0.15) is 11.6 Å². The van der Waals surface area contributed by atoms with Crippen molar-refractivity contribution in [3.05, 3.63) is 24.0 Å². The van der Waals surface area contributed by atoms with Gasteiger partial charge >= 0.3 is 7.12 Å². The van der Waals surface area contributed by atoms with E-state index in [1.165, 1.54) is 12.1 Å². The van der Waals surface area contributed by atoms with E-state index < -0.39 is 12.9 Å². The van der Waals surface area contributed by atoms with Gasteiger partial charge in [0.25, 0.3) is 0 Å². The second-order valence-corrected chi connectivity index (χ2v) is 5.60. The van der Waals surface area contributed by atoms with Crippen molar-refractivity contribution in [2.45, 2.75) is 39.2 Å². The summed E-state index contributed by atoms with van der Waals surface area (Å²) in [7, 11) is -1.68. The molecule has 0 saturated heterocycles. The maximum atomic E-state index is 13.4. The molecule has 0 amide bonds. The minimum atomic E-state index is -1.68. The topological polar surface area (TPSA) is 49.7 Å². The van der Waals surface area contributed by atoms with E-state index in [0.29, 0.717) is 17.6 Å². The number of rotatable bonds is 3. The third kappa shape index (κ3) is 3.70. The van der Waals surface area contributed by atoms with E-state index in [9.17, 15) is 4.39 Å². The molecule has 3 unspecified atom stereocenters. The van der Waals surface area contributed by atoms with Crippen LogP contribution in [0.2, 0.25) is 0 Å². The van der Waals surface area contributed by atoms with Crippen molar-refractivity contribution in [1.29, 1.82) is 0 Å². The Hall–Kier alpha value is -1.07. The van der Waals surface area contributed by atoms with Crippen molar-refractivity contribution < 1.29 is 19.2 Å². The van der Waals surface area contributed by atoms with Gasteiger partial charge in [-0.25, -0.2) is 4.39 Å². The van der Waals surface area contributed by atoms with Crippen LogP contribution >= 0.6 is 0 Å². The molecule has 1 aliphatic rings. The summed E-state index contributed by atoms with van der Waals surface area (Å²) in [5, 5.41) is 18.2. The standard InChI is InChI=1S/C14H20BFO3/c1-9-3-4-13(5-10(9)2)19-14-7-11(15(17)18)6-12(16)8-14/h6-10,13,17-18H,3-5H2,1-2H3. The van der Waals surface area contributed by atoms with Gasteiger partial charge in [-0.2, -0.15) is 0 Å². The molecule has 5 heteroatoms. The molecule has 104 valence electrons. The normalized spacial score (nSPS) is 27.1. The first-order valence-electron chi connectivity index (χ1n) is 6.79. The fourth-order valence-electron chi connectivity index (χ4n) is 2.60. The Morgan fingerprint density at radius 3 is 2.53 bits per heavy atom. The third-order valence-electron chi connectivity index (χ3n) is 4.04. The Balaban J connectivity index is 2.07. The van der Waals surface area contributed by atoms with Gasteiger partial charge in [0, 0.05) is 6.07 Å². The molecular weight excluding hydrogens is 246 g/mol. The first-order chi connectivity index (χ1) is 8.95. The van der Waals surface area contributed by atoms with E-state index in [4.69, 9.17) is 14.8 Å². The van der Waals surface area contributed by atoms with E-state index >= 15 is 0 Å². The van der Waals surface area contributed by atoms with Crippen molar-refractivity contribution in [2.24, 2.45) is 11.8 Å². The Kier molecular flexibility index (Phi) is 4.48.